The lowest BCUT2D eigenvalue weighted by Gasteiger charge is -2.30. The Kier molecular flexibility index (Phi) is 6.11. The SMILES string of the molecule is O=C(O)C1CCCN(C(=O)CSCCc2ccccc2)C1. The molecule has 2 rings (SSSR count). The Balaban J connectivity index is 1.68. The number of hydrogen-bond acceptors (Lipinski definition) is 3. The summed E-state index contributed by atoms with van der Waals surface area (Å²) in [6, 6.07) is 10.2. The molecule has 1 aliphatic rings. The second-order valence-corrected chi connectivity index (χ2v) is 6.41. The number of amides is 1. The highest BCUT2D eigenvalue weighted by atomic mass is 32.2. The van der Waals surface area contributed by atoms with Crippen LogP contribution in [0.3, 0.4) is 0 Å². The lowest BCUT2D eigenvalue weighted by atomic mass is 9.98. The largest absolute Gasteiger partial charge is 0.481 e. The van der Waals surface area contributed by atoms with E-state index >= 15 is 0 Å². The van der Waals surface area contributed by atoms with Crippen LogP contribution in [0.15, 0.2) is 30.3 Å². The van der Waals surface area contributed by atoms with Crippen molar-refractivity contribution in [3.8, 4) is 0 Å². The highest BCUT2D eigenvalue weighted by Gasteiger charge is 2.27. The molecule has 0 spiro atoms. The molecule has 4 nitrogen and oxygen atoms in total. The maximum absolute atomic E-state index is 12.1. The first-order chi connectivity index (χ1) is 10.2. The second-order valence-electron chi connectivity index (χ2n) is 5.31. The number of piperidine rings is 1. The van der Waals surface area contributed by atoms with Gasteiger partial charge in [-0.15, -0.1) is 0 Å². The Hall–Kier alpha value is -1.49. The number of nitrogens with zero attached hydrogens (tertiary/aromatic N) is 1. The average Bonchev–Trinajstić information content (AvgIpc) is 2.52. The van der Waals surface area contributed by atoms with Gasteiger partial charge in [0.05, 0.1) is 11.7 Å². The third-order valence-corrected chi connectivity index (χ3v) is 4.67. The Labute approximate surface area is 129 Å². The van der Waals surface area contributed by atoms with E-state index in [1.807, 2.05) is 18.2 Å². The van der Waals surface area contributed by atoms with Crippen molar-refractivity contribution in [2.75, 3.05) is 24.6 Å². The van der Waals surface area contributed by atoms with Gasteiger partial charge < -0.3 is 10.0 Å². The number of rotatable bonds is 6. The number of carboxylic acids is 1. The number of carbonyl (C=O) groups is 2. The number of benzene rings is 1. The van der Waals surface area contributed by atoms with E-state index in [1.54, 1.807) is 16.7 Å². The smallest absolute Gasteiger partial charge is 0.308 e. The molecule has 1 heterocycles. The molecular weight excluding hydrogens is 286 g/mol. The lowest BCUT2D eigenvalue weighted by molar-refractivity contribution is -0.145. The molecule has 0 aliphatic carbocycles. The first-order valence-electron chi connectivity index (χ1n) is 7.29. The van der Waals surface area contributed by atoms with Gasteiger partial charge in [0.25, 0.3) is 0 Å². The molecule has 21 heavy (non-hydrogen) atoms. The Morgan fingerprint density at radius 2 is 2.05 bits per heavy atom. The van der Waals surface area contributed by atoms with Gasteiger partial charge >= 0.3 is 5.97 Å². The van der Waals surface area contributed by atoms with E-state index in [0.29, 0.717) is 25.3 Å². The highest BCUT2D eigenvalue weighted by Crippen LogP contribution is 2.18. The van der Waals surface area contributed by atoms with Crippen LogP contribution in [0.4, 0.5) is 0 Å². The summed E-state index contributed by atoms with van der Waals surface area (Å²) in [5.41, 5.74) is 1.28. The number of aliphatic carboxylic acids is 1. The molecule has 1 aliphatic heterocycles. The third-order valence-electron chi connectivity index (χ3n) is 3.73. The molecule has 1 fully saturated rings. The average molecular weight is 307 g/mol. The zero-order valence-corrected chi connectivity index (χ0v) is 12.8. The van der Waals surface area contributed by atoms with E-state index in [1.165, 1.54) is 5.56 Å². The molecule has 1 atom stereocenters. The van der Waals surface area contributed by atoms with Crippen LogP contribution in [0.5, 0.6) is 0 Å². The van der Waals surface area contributed by atoms with Crippen molar-refractivity contribution in [1.82, 2.24) is 4.90 Å². The van der Waals surface area contributed by atoms with Crippen LogP contribution in [-0.2, 0) is 16.0 Å². The lowest BCUT2D eigenvalue weighted by Crippen LogP contribution is -2.43. The molecule has 1 amide bonds. The zero-order valence-electron chi connectivity index (χ0n) is 12.0. The van der Waals surface area contributed by atoms with E-state index in [9.17, 15) is 9.59 Å². The fourth-order valence-corrected chi connectivity index (χ4v) is 3.37. The molecule has 1 saturated heterocycles. The Bertz CT molecular complexity index is 478. The van der Waals surface area contributed by atoms with Gasteiger partial charge in [-0.3, -0.25) is 9.59 Å². The van der Waals surface area contributed by atoms with E-state index in [2.05, 4.69) is 12.1 Å². The van der Waals surface area contributed by atoms with Gasteiger partial charge in [0, 0.05) is 13.1 Å². The molecule has 0 radical (unpaired) electrons. The minimum Gasteiger partial charge on any atom is -0.481 e. The van der Waals surface area contributed by atoms with Gasteiger partial charge in [0.15, 0.2) is 0 Å². The highest BCUT2D eigenvalue weighted by molar-refractivity contribution is 7.99. The molecular formula is C16H21NO3S. The summed E-state index contributed by atoms with van der Waals surface area (Å²) in [6.45, 7) is 1.06. The van der Waals surface area contributed by atoms with Crippen LogP contribution in [0.1, 0.15) is 18.4 Å². The molecule has 5 heteroatoms. The van der Waals surface area contributed by atoms with Crippen LogP contribution >= 0.6 is 11.8 Å². The van der Waals surface area contributed by atoms with E-state index in [-0.39, 0.29) is 5.91 Å². The normalized spacial score (nSPS) is 18.5. The van der Waals surface area contributed by atoms with Crippen molar-refractivity contribution in [2.24, 2.45) is 5.92 Å². The Morgan fingerprint density at radius 1 is 1.29 bits per heavy atom. The summed E-state index contributed by atoms with van der Waals surface area (Å²) >= 11 is 1.62. The molecule has 0 aromatic heterocycles. The van der Waals surface area contributed by atoms with Crippen LogP contribution in [-0.4, -0.2) is 46.5 Å². The van der Waals surface area contributed by atoms with Crippen molar-refractivity contribution in [2.45, 2.75) is 19.3 Å². The van der Waals surface area contributed by atoms with Gasteiger partial charge in [-0.2, -0.15) is 11.8 Å². The number of likely N-dealkylation sites (tertiary alicyclic amines) is 1. The summed E-state index contributed by atoms with van der Waals surface area (Å²) in [5, 5.41) is 9.03. The minimum absolute atomic E-state index is 0.0685. The summed E-state index contributed by atoms with van der Waals surface area (Å²) in [5.74, 6) is 0.241. The monoisotopic (exact) mass is 307 g/mol. The summed E-state index contributed by atoms with van der Waals surface area (Å²) in [4.78, 5) is 24.8. The van der Waals surface area contributed by atoms with Gasteiger partial charge in [0.1, 0.15) is 0 Å². The van der Waals surface area contributed by atoms with Crippen molar-refractivity contribution < 1.29 is 14.7 Å². The minimum atomic E-state index is -0.788. The number of carbonyl (C=O) groups excluding carboxylic acids is 1. The summed E-state index contributed by atoms with van der Waals surface area (Å²) in [7, 11) is 0. The van der Waals surface area contributed by atoms with Gasteiger partial charge in [0.2, 0.25) is 5.91 Å². The van der Waals surface area contributed by atoms with E-state index < -0.39 is 11.9 Å². The van der Waals surface area contributed by atoms with Crippen LogP contribution in [0.25, 0.3) is 0 Å². The quantitative estimate of drug-likeness (QED) is 0.819. The fraction of sp³-hybridized carbons (Fsp3) is 0.500. The molecule has 1 unspecified atom stereocenters. The number of aryl methyl sites for hydroxylation is 1. The second kappa shape index (κ2) is 8.08. The first kappa shape index (κ1) is 15.9. The molecule has 1 aromatic rings. The van der Waals surface area contributed by atoms with Crippen molar-refractivity contribution in [3.05, 3.63) is 35.9 Å². The molecule has 1 aromatic carbocycles. The van der Waals surface area contributed by atoms with Crippen molar-refractivity contribution in [1.29, 1.82) is 0 Å². The Morgan fingerprint density at radius 3 is 2.76 bits per heavy atom. The van der Waals surface area contributed by atoms with Gasteiger partial charge in [-0.25, -0.2) is 0 Å². The van der Waals surface area contributed by atoms with Gasteiger partial charge in [-0.1, -0.05) is 30.3 Å². The van der Waals surface area contributed by atoms with Crippen LogP contribution < -0.4 is 0 Å². The number of carboxylic acid groups (broad SMARTS) is 1. The fourth-order valence-electron chi connectivity index (χ4n) is 2.49. The predicted octanol–water partition coefficient (Wildman–Crippen LogP) is 2.29. The summed E-state index contributed by atoms with van der Waals surface area (Å²) in [6.07, 6.45) is 2.42. The van der Waals surface area contributed by atoms with E-state index in [0.717, 1.165) is 18.6 Å². The predicted molar refractivity (Wildman–Crippen MR) is 84.4 cm³/mol. The van der Waals surface area contributed by atoms with Crippen molar-refractivity contribution >= 4 is 23.6 Å². The standard InChI is InChI=1S/C16H21NO3S/c18-15(17-9-4-7-14(11-17)16(19)20)12-21-10-8-13-5-2-1-3-6-13/h1-3,5-6,14H,4,7-12H2,(H,19,20). The molecule has 0 bridgehead atoms. The number of thioether (sulfide) groups is 1. The van der Waals surface area contributed by atoms with Crippen molar-refractivity contribution in [3.63, 3.8) is 0 Å². The summed E-state index contributed by atoms with van der Waals surface area (Å²) < 4.78 is 0. The maximum Gasteiger partial charge on any atom is 0.308 e. The third kappa shape index (κ3) is 5.08. The molecule has 1 N–H and O–H groups in total. The van der Waals surface area contributed by atoms with Crippen LogP contribution in [0, 0.1) is 5.92 Å². The van der Waals surface area contributed by atoms with E-state index in [4.69, 9.17) is 5.11 Å². The topological polar surface area (TPSA) is 57.6 Å². The van der Waals surface area contributed by atoms with Gasteiger partial charge in [-0.05, 0) is 30.6 Å². The zero-order chi connectivity index (χ0) is 15.1. The van der Waals surface area contributed by atoms with Crippen LogP contribution in [0.2, 0.25) is 0 Å². The number of hydrogen-bond donors (Lipinski definition) is 1. The first-order valence-corrected chi connectivity index (χ1v) is 8.44. The molecule has 114 valence electrons. The maximum atomic E-state index is 12.1. The molecule has 0 saturated carbocycles.